The van der Waals surface area contributed by atoms with Gasteiger partial charge in [0.2, 0.25) is 0 Å². The molecule has 29 heavy (non-hydrogen) atoms. The maximum atomic E-state index is 13.3. The van der Waals surface area contributed by atoms with Crippen LogP contribution in [0.4, 0.5) is 4.39 Å². The minimum Gasteiger partial charge on any atom is -0.466 e. The molecule has 0 spiro atoms. The van der Waals surface area contributed by atoms with Crippen molar-refractivity contribution in [1.82, 2.24) is 10.1 Å². The molecule has 0 bridgehead atoms. The summed E-state index contributed by atoms with van der Waals surface area (Å²) >= 11 is 0. The van der Waals surface area contributed by atoms with Crippen molar-refractivity contribution < 1.29 is 23.2 Å². The van der Waals surface area contributed by atoms with E-state index in [1.54, 1.807) is 30.9 Å². The Morgan fingerprint density at radius 3 is 2.66 bits per heavy atom. The third kappa shape index (κ3) is 4.33. The highest BCUT2D eigenvalue weighted by atomic mass is 19.1. The van der Waals surface area contributed by atoms with Gasteiger partial charge in [0.25, 0.3) is 5.91 Å². The molecule has 0 aliphatic carbocycles. The van der Waals surface area contributed by atoms with Crippen LogP contribution in [-0.4, -0.2) is 41.6 Å². The number of carbonyl (C=O) groups is 2. The monoisotopic (exact) mass is 402 g/mol. The van der Waals surface area contributed by atoms with Crippen molar-refractivity contribution in [2.24, 2.45) is 5.41 Å². The first kappa shape index (κ1) is 21.0. The van der Waals surface area contributed by atoms with E-state index in [0.29, 0.717) is 49.2 Å². The van der Waals surface area contributed by atoms with Gasteiger partial charge in [-0.1, -0.05) is 24.2 Å². The lowest BCUT2D eigenvalue weighted by molar-refractivity contribution is -0.158. The van der Waals surface area contributed by atoms with Gasteiger partial charge in [-0.3, -0.25) is 9.59 Å². The zero-order chi connectivity index (χ0) is 21.0. The number of carbonyl (C=O) groups excluding carboxylic acids is 2. The van der Waals surface area contributed by atoms with Crippen LogP contribution in [0.3, 0.4) is 0 Å². The molecule has 6 nitrogen and oxygen atoms in total. The van der Waals surface area contributed by atoms with Gasteiger partial charge in [0.05, 0.1) is 17.7 Å². The van der Waals surface area contributed by atoms with Crippen LogP contribution in [0.15, 0.2) is 28.8 Å². The number of amides is 1. The molecule has 1 saturated heterocycles. The summed E-state index contributed by atoms with van der Waals surface area (Å²) in [6.45, 7) is 6.47. The molecule has 3 rings (SSSR count). The third-order valence-corrected chi connectivity index (χ3v) is 5.51. The molecule has 0 radical (unpaired) electrons. The number of likely N-dealkylation sites (tertiary alicyclic amines) is 1. The summed E-state index contributed by atoms with van der Waals surface area (Å²) in [4.78, 5) is 27.9. The summed E-state index contributed by atoms with van der Waals surface area (Å²) in [7, 11) is 0. The van der Waals surface area contributed by atoms with Crippen LogP contribution in [0.2, 0.25) is 0 Å². The molecular formula is C22H27FN2O4. The normalized spacial score (nSPS) is 19.2. The summed E-state index contributed by atoms with van der Waals surface area (Å²) < 4.78 is 23.9. The van der Waals surface area contributed by atoms with E-state index < -0.39 is 5.41 Å². The molecule has 7 heteroatoms. The fourth-order valence-corrected chi connectivity index (χ4v) is 4.06. The van der Waals surface area contributed by atoms with Gasteiger partial charge in [0, 0.05) is 13.1 Å². The summed E-state index contributed by atoms with van der Waals surface area (Å²) in [6, 6.07) is 6.12. The summed E-state index contributed by atoms with van der Waals surface area (Å²) in [6.07, 6.45) is 2.26. The molecule has 2 heterocycles. The van der Waals surface area contributed by atoms with Crippen LogP contribution in [0, 0.1) is 18.2 Å². The average Bonchev–Trinajstić information content (AvgIpc) is 3.10. The van der Waals surface area contributed by atoms with Gasteiger partial charge in [-0.05, 0) is 57.2 Å². The fourth-order valence-electron chi connectivity index (χ4n) is 4.06. The number of halogens is 1. The van der Waals surface area contributed by atoms with Gasteiger partial charge in [-0.2, -0.15) is 0 Å². The van der Waals surface area contributed by atoms with Gasteiger partial charge in [-0.25, -0.2) is 4.39 Å². The molecule has 1 aliphatic rings. The molecule has 1 fully saturated rings. The first-order chi connectivity index (χ1) is 13.9. The number of piperidine rings is 1. The molecule has 1 aromatic heterocycles. The van der Waals surface area contributed by atoms with E-state index in [-0.39, 0.29) is 30.8 Å². The smallest absolute Gasteiger partial charge is 0.314 e. The minimum absolute atomic E-state index is 0.173. The van der Waals surface area contributed by atoms with Crippen molar-refractivity contribution in [3.63, 3.8) is 0 Å². The fraction of sp³-hybridized carbons (Fsp3) is 0.500. The summed E-state index contributed by atoms with van der Waals surface area (Å²) in [5.74, 6) is -0.334. The standard InChI is InChI=1S/C22H27FN2O4/c1-4-18-19(15(3)29-24-18)20(26)25-12-6-11-22(14-25,21(27)28-5-2)13-16-7-9-17(23)10-8-16/h7-10H,4-6,11-14H2,1-3H3/t22-/m1/s1. The number of benzene rings is 1. The topological polar surface area (TPSA) is 72.6 Å². The van der Waals surface area contributed by atoms with E-state index in [4.69, 9.17) is 9.26 Å². The number of hydrogen-bond donors (Lipinski definition) is 0. The average molecular weight is 402 g/mol. The second kappa shape index (κ2) is 8.76. The Kier molecular flexibility index (Phi) is 6.35. The largest absolute Gasteiger partial charge is 0.466 e. The van der Waals surface area contributed by atoms with Crippen LogP contribution in [-0.2, 0) is 22.4 Å². The first-order valence-electron chi connectivity index (χ1n) is 10.1. The molecular weight excluding hydrogens is 375 g/mol. The summed E-state index contributed by atoms with van der Waals surface area (Å²) in [5, 5.41) is 3.98. The van der Waals surface area contributed by atoms with E-state index in [9.17, 15) is 14.0 Å². The maximum Gasteiger partial charge on any atom is 0.314 e. The molecule has 1 aromatic carbocycles. The number of aromatic nitrogens is 1. The molecule has 1 atom stereocenters. The van der Waals surface area contributed by atoms with Gasteiger partial charge >= 0.3 is 5.97 Å². The van der Waals surface area contributed by atoms with E-state index in [0.717, 1.165) is 5.56 Å². The molecule has 2 aromatic rings. The van der Waals surface area contributed by atoms with Crippen molar-refractivity contribution in [2.45, 2.75) is 46.5 Å². The van der Waals surface area contributed by atoms with Crippen LogP contribution >= 0.6 is 0 Å². The lowest BCUT2D eigenvalue weighted by atomic mass is 9.75. The van der Waals surface area contributed by atoms with Gasteiger partial charge < -0.3 is 14.2 Å². The van der Waals surface area contributed by atoms with Crippen molar-refractivity contribution in [1.29, 1.82) is 0 Å². The number of rotatable bonds is 6. The van der Waals surface area contributed by atoms with Crippen molar-refractivity contribution in [3.05, 3.63) is 52.7 Å². The summed E-state index contributed by atoms with van der Waals surface area (Å²) in [5.41, 5.74) is 1.08. The Hall–Kier alpha value is -2.70. The van der Waals surface area contributed by atoms with E-state index in [1.165, 1.54) is 12.1 Å². The predicted molar refractivity (Wildman–Crippen MR) is 105 cm³/mol. The van der Waals surface area contributed by atoms with Crippen molar-refractivity contribution in [3.8, 4) is 0 Å². The Morgan fingerprint density at radius 2 is 2.00 bits per heavy atom. The molecule has 156 valence electrons. The molecule has 0 unspecified atom stereocenters. The maximum absolute atomic E-state index is 13.3. The van der Waals surface area contributed by atoms with E-state index in [2.05, 4.69) is 5.16 Å². The van der Waals surface area contributed by atoms with Crippen LogP contribution < -0.4 is 0 Å². The van der Waals surface area contributed by atoms with E-state index >= 15 is 0 Å². The number of aryl methyl sites for hydroxylation is 2. The van der Waals surface area contributed by atoms with Crippen LogP contribution in [0.25, 0.3) is 0 Å². The Morgan fingerprint density at radius 1 is 1.28 bits per heavy atom. The Labute approximate surface area is 170 Å². The zero-order valence-corrected chi connectivity index (χ0v) is 17.2. The number of ether oxygens (including phenoxy) is 1. The Bertz CT molecular complexity index is 877. The third-order valence-electron chi connectivity index (χ3n) is 5.51. The SMILES string of the molecule is CCOC(=O)[C@@]1(Cc2ccc(F)cc2)CCCN(C(=O)c2c(CC)noc2C)C1. The second-order valence-corrected chi connectivity index (χ2v) is 7.55. The Balaban J connectivity index is 1.90. The second-order valence-electron chi connectivity index (χ2n) is 7.55. The minimum atomic E-state index is -0.862. The molecule has 1 amide bonds. The highest BCUT2D eigenvalue weighted by Crippen LogP contribution is 2.36. The lowest BCUT2D eigenvalue weighted by Crippen LogP contribution is -2.51. The van der Waals surface area contributed by atoms with Gasteiger partial charge in [0.15, 0.2) is 0 Å². The van der Waals surface area contributed by atoms with Gasteiger partial charge in [-0.15, -0.1) is 0 Å². The molecule has 1 aliphatic heterocycles. The molecule has 0 N–H and O–H groups in total. The van der Waals surface area contributed by atoms with Crippen molar-refractivity contribution in [2.75, 3.05) is 19.7 Å². The number of esters is 1. The van der Waals surface area contributed by atoms with Crippen LogP contribution in [0.5, 0.6) is 0 Å². The highest BCUT2D eigenvalue weighted by molar-refractivity contribution is 5.96. The predicted octanol–water partition coefficient (Wildman–Crippen LogP) is 3.71. The number of hydrogen-bond acceptors (Lipinski definition) is 5. The first-order valence-corrected chi connectivity index (χ1v) is 10.1. The number of nitrogens with zero attached hydrogens (tertiary/aromatic N) is 2. The van der Waals surface area contributed by atoms with Crippen molar-refractivity contribution >= 4 is 11.9 Å². The quantitative estimate of drug-likeness (QED) is 0.689. The van der Waals surface area contributed by atoms with Gasteiger partial charge in [0.1, 0.15) is 17.1 Å². The molecule has 0 saturated carbocycles. The zero-order valence-electron chi connectivity index (χ0n) is 17.2. The lowest BCUT2D eigenvalue weighted by Gasteiger charge is -2.41. The van der Waals surface area contributed by atoms with Crippen LogP contribution in [0.1, 0.15) is 54.1 Å². The highest BCUT2D eigenvalue weighted by Gasteiger charge is 2.45. The van der Waals surface area contributed by atoms with E-state index in [1.807, 2.05) is 6.92 Å².